The molecule has 0 bridgehead atoms. The molecular formula is C48H73N5O19. The molecule has 1 aromatic rings. The van der Waals surface area contributed by atoms with Crippen molar-refractivity contribution in [1.29, 1.82) is 0 Å². The first kappa shape index (κ1) is 60.9. The highest BCUT2D eigenvalue weighted by Crippen LogP contribution is 2.31. The molecule has 2 aliphatic heterocycles. The number of hydrogen-bond donors (Lipinski definition) is 8. The number of carbonyl (C=O) groups is 7. The third-order valence-electron chi connectivity index (χ3n) is 10.6. The van der Waals surface area contributed by atoms with Gasteiger partial charge in [-0.25, -0.2) is 0 Å². The topological polar surface area (TPSA) is 326 Å². The van der Waals surface area contributed by atoms with Crippen LogP contribution in [0.4, 0.5) is 5.69 Å². The van der Waals surface area contributed by atoms with Gasteiger partial charge < -0.3 is 84.5 Å². The van der Waals surface area contributed by atoms with Gasteiger partial charge in [0.1, 0.15) is 49.2 Å². The number of rotatable bonds is 35. The highest BCUT2D eigenvalue weighted by molar-refractivity contribution is 5.94. The molecule has 1 saturated heterocycles. The summed E-state index contributed by atoms with van der Waals surface area (Å²) in [5.74, 6) is -3.07. The van der Waals surface area contributed by atoms with E-state index in [4.69, 9.17) is 37.9 Å². The maximum Gasteiger partial charge on any atom is 0.311 e. The summed E-state index contributed by atoms with van der Waals surface area (Å²) in [5.41, 5.74) is 0.329. The lowest BCUT2D eigenvalue weighted by Gasteiger charge is -2.39. The van der Waals surface area contributed by atoms with Gasteiger partial charge in [0.05, 0.1) is 77.2 Å². The van der Waals surface area contributed by atoms with Gasteiger partial charge in [-0.1, -0.05) is 19.6 Å². The SMILES string of the molecule is C=C1C=CC(=O)N1CCC(=O)NCCOCCOCCOCCOCCC(=O)C[C@H](C)C(=O)NCCOCC(=O)NCCC(=O)Nc1cc(COC(=O)C(C)(C)C)ccc1O[C@@H]1O[C@H](CO)[C@H](O)[C@H](O)[C@H]1O. The van der Waals surface area contributed by atoms with E-state index in [1.807, 2.05) is 0 Å². The molecule has 3 rings (SSSR count). The molecule has 0 aromatic heterocycles. The van der Waals surface area contributed by atoms with Crippen LogP contribution in [0.15, 0.2) is 42.6 Å². The normalized spacial score (nSPS) is 19.2. The van der Waals surface area contributed by atoms with Crippen LogP contribution in [0.5, 0.6) is 5.75 Å². The molecule has 1 fully saturated rings. The Hall–Kier alpha value is -5.41. The fourth-order valence-corrected chi connectivity index (χ4v) is 6.48. The van der Waals surface area contributed by atoms with Gasteiger partial charge in [0.25, 0.3) is 5.91 Å². The van der Waals surface area contributed by atoms with Gasteiger partial charge in [-0.05, 0) is 44.5 Å². The Bertz CT molecular complexity index is 1940. The molecule has 72 heavy (non-hydrogen) atoms. The van der Waals surface area contributed by atoms with Crippen LogP contribution in [0.2, 0.25) is 0 Å². The molecule has 0 radical (unpaired) electrons. The number of aliphatic hydroxyl groups is 4. The summed E-state index contributed by atoms with van der Waals surface area (Å²) < 4.78 is 43.7. The third-order valence-corrected chi connectivity index (χ3v) is 10.6. The van der Waals surface area contributed by atoms with Crippen LogP contribution in [0.1, 0.15) is 58.9 Å². The van der Waals surface area contributed by atoms with E-state index >= 15 is 0 Å². The van der Waals surface area contributed by atoms with E-state index in [2.05, 4.69) is 27.8 Å². The second-order valence-electron chi connectivity index (χ2n) is 17.7. The van der Waals surface area contributed by atoms with Crippen LogP contribution < -0.4 is 26.0 Å². The number of hydrogen-bond acceptors (Lipinski definition) is 19. The monoisotopic (exact) mass is 1020 g/mol. The summed E-state index contributed by atoms with van der Waals surface area (Å²) >= 11 is 0. The van der Waals surface area contributed by atoms with E-state index in [9.17, 15) is 54.0 Å². The summed E-state index contributed by atoms with van der Waals surface area (Å²) in [7, 11) is 0. The Labute approximate surface area is 419 Å². The fourth-order valence-electron chi connectivity index (χ4n) is 6.48. The van der Waals surface area contributed by atoms with Gasteiger partial charge in [-0.15, -0.1) is 0 Å². The second kappa shape index (κ2) is 32.6. The number of nitrogens with zero attached hydrogens (tertiary/aromatic N) is 1. The smallest absolute Gasteiger partial charge is 0.311 e. The lowest BCUT2D eigenvalue weighted by Crippen LogP contribution is -2.60. The standard InChI is InChI=1S/C48H73N5O19/c1-31(26-34(55)12-17-65-20-22-67-24-25-68-23-21-66-18-14-50-38(56)11-16-53-32(2)6-9-41(53)59)45(63)51-15-19-69-30-40(58)49-13-10-39(57)52-35-27-33(29-70-47(64)48(3,4)5)7-8-36(35)71-46-44(62)43(61)42(60)37(28-54)72-46/h6-9,27,31,37,42-44,46,54,60-62H,2,10-26,28-30H2,1,3-5H3,(H,49,58)(H,50,56)(H,51,63)(H,52,57)/t31-,37+,42-,43-,44+,46+/m0/s1. The van der Waals surface area contributed by atoms with Crippen molar-refractivity contribution < 1.29 is 91.9 Å². The largest absolute Gasteiger partial charge is 0.460 e. The summed E-state index contributed by atoms with van der Waals surface area (Å²) in [6, 6.07) is 4.41. The van der Waals surface area contributed by atoms with E-state index in [1.54, 1.807) is 33.8 Å². The number of amides is 5. The Kier molecular flexibility index (Phi) is 27.6. The number of ketones is 1. The maximum atomic E-state index is 13.0. The van der Waals surface area contributed by atoms with Crippen LogP contribution in [-0.4, -0.2) is 196 Å². The molecule has 0 unspecified atom stereocenters. The number of esters is 1. The van der Waals surface area contributed by atoms with E-state index < -0.39 is 66.4 Å². The van der Waals surface area contributed by atoms with E-state index in [1.165, 1.54) is 29.2 Å². The van der Waals surface area contributed by atoms with Crippen molar-refractivity contribution in [3.8, 4) is 5.75 Å². The van der Waals surface area contributed by atoms with Gasteiger partial charge in [-0.3, -0.25) is 33.6 Å². The number of aliphatic hydroxyl groups excluding tert-OH is 4. The molecule has 24 nitrogen and oxygen atoms in total. The Morgan fingerprint density at radius 2 is 1.38 bits per heavy atom. The first-order valence-corrected chi connectivity index (χ1v) is 23.8. The third kappa shape index (κ3) is 23.0. The van der Waals surface area contributed by atoms with Crippen molar-refractivity contribution in [3.05, 3.63) is 48.2 Å². The van der Waals surface area contributed by atoms with Crippen molar-refractivity contribution in [3.63, 3.8) is 0 Å². The van der Waals surface area contributed by atoms with Gasteiger partial charge in [-0.2, -0.15) is 0 Å². The molecule has 6 atom stereocenters. The molecule has 1 aromatic carbocycles. The minimum absolute atomic E-state index is 0.000126. The number of allylic oxidation sites excluding steroid dienone is 1. The molecule has 0 saturated carbocycles. The molecule has 2 heterocycles. The van der Waals surface area contributed by atoms with Gasteiger partial charge in [0.15, 0.2) is 0 Å². The van der Waals surface area contributed by atoms with Crippen LogP contribution in [0.3, 0.4) is 0 Å². The van der Waals surface area contributed by atoms with Crippen LogP contribution >= 0.6 is 0 Å². The second-order valence-corrected chi connectivity index (χ2v) is 17.7. The number of Topliss-reactive ketones (excluding diaryl/α,β-unsaturated/α-hetero) is 1. The minimum atomic E-state index is -1.73. The summed E-state index contributed by atoms with van der Waals surface area (Å²) in [5, 5.41) is 51.0. The zero-order valence-corrected chi connectivity index (χ0v) is 41.6. The molecule has 2 aliphatic rings. The van der Waals surface area contributed by atoms with Crippen molar-refractivity contribution in [2.45, 2.75) is 90.7 Å². The summed E-state index contributed by atoms with van der Waals surface area (Å²) in [6.45, 7) is 12.3. The minimum Gasteiger partial charge on any atom is -0.460 e. The van der Waals surface area contributed by atoms with E-state index in [0.717, 1.165) is 0 Å². The fraction of sp³-hybridized carbons (Fsp3) is 0.646. The summed E-state index contributed by atoms with van der Waals surface area (Å²) in [4.78, 5) is 87.6. The molecule has 5 amide bonds. The molecule has 404 valence electrons. The molecule has 24 heteroatoms. The van der Waals surface area contributed by atoms with Gasteiger partial charge in [0, 0.05) is 69.6 Å². The van der Waals surface area contributed by atoms with Crippen LogP contribution in [0, 0.1) is 11.3 Å². The van der Waals surface area contributed by atoms with Gasteiger partial charge >= 0.3 is 5.97 Å². The predicted octanol–water partition coefficient (Wildman–Crippen LogP) is -0.998. The average molecular weight is 1020 g/mol. The zero-order valence-electron chi connectivity index (χ0n) is 41.6. The average Bonchev–Trinajstić information content (AvgIpc) is 3.66. The van der Waals surface area contributed by atoms with Crippen molar-refractivity contribution >= 4 is 47.0 Å². The number of carbonyl (C=O) groups excluding carboxylic acids is 7. The van der Waals surface area contributed by atoms with E-state index in [-0.39, 0.29) is 113 Å². The first-order valence-electron chi connectivity index (χ1n) is 23.8. The first-order chi connectivity index (χ1) is 34.3. The molecule has 8 N–H and O–H groups in total. The highest BCUT2D eigenvalue weighted by atomic mass is 16.7. The van der Waals surface area contributed by atoms with Crippen molar-refractivity contribution in [2.75, 3.05) is 104 Å². The van der Waals surface area contributed by atoms with Crippen molar-refractivity contribution in [1.82, 2.24) is 20.9 Å². The number of benzene rings is 1. The summed E-state index contributed by atoms with van der Waals surface area (Å²) in [6.07, 6.45) is -4.72. The molecular weight excluding hydrogens is 951 g/mol. The van der Waals surface area contributed by atoms with Crippen molar-refractivity contribution in [2.24, 2.45) is 11.3 Å². The Balaban J connectivity index is 1.20. The lowest BCUT2D eigenvalue weighted by atomic mass is 9.97. The molecule has 0 spiro atoms. The Morgan fingerprint density at radius 3 is 2.01 bits per heavy atom. The highest BCUT2D eigenvalue weighted by Gasteiger charge is 2.45. The Morgan fingerprint density at radius 1 is 0.750 bits per heavy atom. The molecule has 0 aliphatic carbocycles. The predicted molar refractivity (Wildman–Crippen MR) is 254 cm³/mol. The van der Waals surface area contributed by atoms with Gasteiger partial charge in [0.2, 0.25) is 29.9 Å². The van der Waals surface area contributed by atoms with Crippen LogP contribution in [-0.2, 0) is 73.3 Å². The maximum absolute atomic E-state index is 13.0. The zero-order chi connectivity index (χ0) is 53.1. The lowest BCUT2D eigenvalue weighted by molar-refractivity contribution is -0.277. The quantitative estimate of drug-likeness (QED) is 0.0299. The number of ether oxygens (including phenoxy) is 8. The number of nitrogens with one attached hydrogen (secondary N) is 4. The number of anilines is 1. The van der Waals surface area contributed by atoms with Crippen LogP contribution in [0.25, 0.3) is 0 Å². The van der Waals surface area contributed by atoms with E-state index in [0.29, 0.717) is 57.4 Å².